The summed E-state index contributed by atoms with van der Waals surface area (Å²) in [7, 11) is 0. The molecule has 17 heavy (non-hydrogen) atoms. The molecule has 1 aliphatic heterocycles. The fourth-order valence-electron chi connectivity index (χ4n) is 1.77. The minimum absolute atomic E-state index is 0.308. The molecule has 0 amide bonds. The molecule has 0 unspecified atom stereocenters. The molecule has 1 aromatic heterocycles. The number of nitrogens with one attached hydrogen (secondary N) is 1. The van der Waals surface area contributed by atoms with E-state index in [0.717, 1.165) is 36.2 Å². The van der Waals surface area contributed by atoms with Gasteiger partial charge >= 0.3 is 0 Å². The summed E-state index contributed by atoms with van der Waals surface area (Å²) in [6, 6.07) is 1.99. The molecule has 0 spiro atoms. The van der Waals surface area contributed by atoms with E-state index in [4.69, 9.17) is 9.47 Å². The molecule has 0 saturated carbocycles. The number of rotatable bonds is 6. The molecule has 1 aliphatic rings. The Morgan fingerprint density at radius 3 is 3.24 bits per heavy atom. The molecule has 2 heterocycles. The molecule has 0 radical (unpaired) electrons. The fourth-order valence-corrected chi connectivity index (χ4v) is 2.13. The molecule has 4 nitrogen and oxygen atoms in total. The third kappa shape index (κ3) is 4.61. The molecule has 0 bridgehead atoms. The smallest absolute Gasteiger partial charge is 0.0809 e. The van der Waals surface area contributed by atoms with E-state index in [1.807, 2.05) is 6.07 Å². The van der Waals surface area contributed by atoms with Crippen molar-refractivity contribution in [3.05, 3.63) is 22.9 Å². The third-order valence-electron chi connectivity index (χ3n) is 2.61. The van der Waals surface area contributed by atoms with Crippen molar-refractivity contribution >= 4 is 21.6 Å². The molecule has 2 rings (SSSR count). The second-order valence-corrected chi connectivity index (χ2v) is 4.94. The van der Waals surface area contributed by atoms with E-state index in [1.54, 1.807) is 12.4 Å². The second kappa shape index (κ2) is 6.93. The van der Waals surface area contributed by atoms with E-state index in [1.165, 1.54) is 0 Å². The zero-order valence-electron chi connectivity index (χ0n) is 9.69. The maximum Gasteiger partial charge on any atom is 0.0809 e. The Morgan fingerprint density at radius 2 is 2.47 bits per heavy atom. The summed E-state index contributed by atoms with van der Waals surface area (Å²) >= 11 is 3.38. The number of aromatic nitrogens is 1. The first kappa shape index (κ1) is 12.8. The summed E-state index contributed by atoms with van der Waals surface area (Å²) in [5.41, 5.74) is 1.00. The lowest BCUT2D eigenvalue weighted by Crippen LogP contribution is -2.17. The Morgan fingerprint density at radius 1 is 1.53 bits per heavy atom. The van der Waals surface area contributed by atoms with Crippen LogP contribution in [0.25, 0.3) is 0 Å². The van der Waals surface area contributed by atoms with E-state index >= 15 is 0 Å². The van der Waals surface area contributed by atoms with Gasteiger partial charge in [-0.05, 0) is 34.8 Å². The minimum atomic E-state index is 0.308. The van der Waals surface area contributed by atoms with Gasteiger partial charge in [0.25, 0.3) is 0 Å². The maximum atomic E-state index is 5.55. The van der Waals surface area contributed by atoms with Crippen molar-refractivity contribution in [2.75, 3.05) is 31.7 Å². The van der Waals surface area contributed by atoms with Gasteiger partial charge in [-0.3, -0.25) is 4.98 Å². The van der Waals surface area contributed by atoms with E-state index in [2.05, 4.69) is 26.2 Å². The maximum absolute atomic E-state index is 5.55. The normalized spacial score (nSPS) is 19.5. The van der Waals surface area contributed by atoms with Gasteiger partial charge in [-0.25, -0.2) is 0 Å². The van der Waals surface area contributed by atoms with Crippen molar-refractivity contribution in [3.63, 3.8) is 0 Å². The average molecular weight is 301 g/mol. The van der Waals surface area contributed by atoms with E-state index in [-0.39, 0.29) is 0 Å². The van der Waals surface area contributed by atoms with Gasteiger partial charge in [-0.2, -0.15) is 0 Å². The van der Waals surface area contributed by atoms with Crippen LogP contribution in [0.2, 0.25) is 0 Å². The molecule has 5 heteroatoms. The highest BCUT2D eigenvalue weighted by atomic mass is 79.9. The van der Waals surface area contributed by atoms with Crippen molar-refractivity contribution in [1.82, 2.24) is 4.98 Å². The average Bonchev–Trinajstić information content (AvgIpc) is 2.82. The van der Waals surface area contributed by atoms with Gasteiger partial charge in [-0.1, -0.05) is 0 Å². The van der Waals surface area contributed by atoms with Crippen molar-refractivity contribution in [2.45, 2.75) is 18.9 Å². The summed E-state index contributed by atoms with van der Waals surface area (Å²) in [5, 5.41) is 3.25. The lowest BCUT2D eigenvalue weighted by Gasteiger charge is -2.11. The minimum Gasteiger partial charge on any atom is -0.381 e. The predicted molar refractivity (Wildman–Crippen MR) is 70.2 cm³/mol. The first-order valence-corrected chi connectivity index (χ1v) is 6.67. The van der Waals surface area contributed by atoms with Gasteiger partial charge < -0.3 is 14.8 Å². The topological polar surface area (TPSA) is 43.4 Å². The standard InChI is InChI=1S/C12H17BrN2O2/c13-10-6-11(8-14-7-10)15-3-5-16-9-12-2-1-4-17-12/h6-8,12,15H,1-5,9H2/t12-/m0/s1. The largest absolute Gasteiger partial charge is 0.381 e. The second-order valence-electron chi connectivity index (χ2n) is 4.03. The first-order valence-electron chi connectivity index (χ1n) is 5.88. The van der Waals surface area contributed by atoms with Crippen molar-refractivity contribution in [2.24, 2.45) is 0 Å². The number of hydrogen-bond acceptors (Lipinski definition) is 4. The molecular weight excluding hydrogens is 284 g/mol. The molecule has 0 aliphatic carbocycles. The zero-order chi connectivity index (χ0) is 11.9. The Hall–Kier alpha value is -0.650. The van der Waals surface area contributed by atoms with Crippen LogP contribution in [-0.2, 0) is 9.47 Å². The molecule has 0 aromatic carbocycles. The molecule has 1 fully saturated rings. The third-order valence-corrected chi connectivity index (χ3v) is 3.04. The van der Waals surface area contributed by atoms with Gasteiger partial charge in [0.1, 0.15) is 0 Å². The van der Waals surface area contributed by atoms with Crippen LogP contribution in [0.15, 0.2) is 22.9 Å². The van der Waals surface area contributed by atoms with Crippen LogP contribution in [0.4, 0.5) is 5.69 Å². The highest BCUT2D eigenvalue weighted by Gasteiger charge is 2.14. The van der Waals surface area contributed by atoms with Crippen LogP contribution in [-0.4, -0.2) is 37.5 Å². The van der Waals surface area contributed by atoms with Gasteiger partial charge in [-0.15, -0.1) is 0 Å². The quantitative estimate of drug-likeness (QED) is 0.820. The molecular formula is C12H17BrN2O2. The van der Waals surface area contributed by atoms with Crippen LogP contribution in [0, 0.1) is 0 Å². The Labute approximate surface area is 110 Å². The summed E-state index contributed by atoms with van der Waals surface area (Å²) in [5.74, 6) is 0. The lowest BCUT2D eigenvalue weighted by molar-refractivity contribution is 0.0206. The predicted octanol–water partition coefficient (Wildman–Crippen LogP) is 2.45. The van der Waals surface area contributed by atoms with Gasteiger partial charge in [0, 0.05) is 23.8 Å². The number of nitrogens with zero attached hydrogens (tertiary/aromatic N) is 1. The molecule has 1 aromatic rings. The van der Waals surface area contributed by atoms with Gasteiger partial charge in [0.15, 0.2) is 0 Å². The Bertz CT molecular complexity index is 343. The highest BCUT2D eigenvalue weighted by Crippen LogP contribution is 2.13. The van der Waals surface area contributed by atoms with Crippen LogP contribution < -0.4 is 5.32 Å². The monoisotopic (exact) mass is 300 g/mol. The van der Waals surface area contributed by atoms with Crippen LogP contribution in [0.1, 0.15) is 12.8 Å². The van der Waals surface area contributed by atoms with Gasteiger partial charge in [0.05, 0.1) is 31.2 Å². The lowest BCUT2D eigenvalue weighted by atomic mass is 10.2. The molecule has 1 saturated heterocycles. The molecule has 1 atom stereocenters. The van der Waals surface area contributed by atoms with E-state index in [0.29, 0.717) is 19.3 Å². The zero-order valence-corrected chi connectivity index (χ0v) is 11.3. The number of hydrogen-bond donors (Lipinski definition) is 1. The number of halogens is 1. The fraction of sp³-hybridized carbons (Fsp3) is 0.583. The SMILES string of the molecule is Brc1cncc(NCCOC[C@@H]2CCCO2)c1. The first-order chi connectivity index (χ1) is 8.34. The van der Waals surface area contributed by atoms with E-state index in [9.17, 15) is 0 Å². The summed E-state index contributed by atoms with van der Waals surface area (Å²) in [6.45, 7) is 3.06. The van der Waals surface area contributed by atoms with Crippen LogP contribution in [0.5, 0.6) is 0 Å². The summed E-state index contributed by atoms with van der Waals surface area (Å²) < 4.78 is 12.0. The van der Waals surface area contributed by atoms with Crippen molar-refractivity contribution in [3.8, 4) is 0 Å². The van der Waals surface area contributed by atoms with Crippen molar-refractivity contribution < 1.29 is 9.47 Å². The van der Waals surface area contributed by atoms with Crippen molar-refractivity contribution in [1.29, 1.82) is 0 Å². The Kier molecular flexibility index (Phi) is 5.22. The molecule has 94 valence electrons. The summed E-state index contributed by atoms with van der Waals surface area (Å²) in [6.07, 6.45) is 6.16. The number of pyridine rings is 1. The molecule has 1 N–H and O–H groups in total. The Balaban J connectivity index is 1.56. The number of ether oxygens (including phenoxy) is 2. The van der Waals surface area contributed by atoms with Crippen LogP contribution in [0.3, 0.4) is 0 Å². The number of anilines is 1. The van der Waals surface area contributed by atoms with Crippen LogP contribution >= 0.6 is 15.9 Å². The summed E-state index contributed by atoms with van der Waals surface area (Å²) in [4.78, 5) is 4.08. The van der Waals surface area contributed by atoms with E-state index < -0.39 is 0 Å². The highest BCUT2D eigenvalue weighted by molar-refractivity contribution is 9.10. The van der Waals surface area contributed by atoms with Gasteiger partial charge in [0.2, 0.25) is 0 Å².